The van der Waals surface area contributed by atoms with Crippen molar-refractivity contribution in [3.05, 3.63) is 93.3 Å². The summed E-state index contributed by atoms with van der Waals surface area (Å²) in [6, 6.07) is 21.1. The number of benzene rings is 4. The predicted octanol–water partition coefficient (Wildman–Crippen LogP) is 8.67. The summed E-state index contributed by atoms with van der Waals surface area (Å²) in [5.74, 6) is 1.24. The first-order chi connectivity index (χ1) is 17.2. The molecular formula is C29H20ClN3OS. The maximum absolute atomic E-state index is 6.61. The van der Waals surface area contributed by atoms with Crippen molar-refractivity contribution < 1.29 is 4.42 Å². The Balaban J connectivity index is 1.54. The van der Waals surface area contributed by atoms with E-state index in [9.17, 15) is 0 Å². The van der Waals surface area contributed by atoms with E-state index in [0.717, 1.165) is 78.7 Å². The van der Waals surface area contributed by atoms with Crippen LogP contribution in [0.1, 0.15) is 52.3 Å². The van der Waals surface area contributed by atoms with Gasteiger partial charge in [-0.3, -0.25) is 0 Å². The van der Waals surface area contributed by atoms with Gasteiger partial charge in [-0.25, -0.2) is 9.97 Å². The minimum Gasteiger partial charge on any atom is -0.440 e. The van der Waals surface area contributed by atoms with Crippen molar-refractivity contribution in [1.29, 1.82) is 0 Å². The Morgan fingerprint density at radius 1 is 0.914 bits per heavy atom. The summed E-state index contributed by atoms with van der Waals surface area (Å²) in [5.41, 5.74) is 8.53. The van der Waals surface area contributed by atoms with E-state index in [0.29, 0.717) is 5.92 Å². The predicted molar refractivity (Wildman–Crippen MR) is 144 cm³/mol. The average molecular weight is 494 g/mol. The molecule has 3 heterocycles. The molecule has 0 spiro atoms. The number of nitrogens with zero attached hydrogens (tertiary/aromatic N) is 2. The summed E-state index contributed by atoms with van der Waals surface area (Å²) in [4.78, 5) is 10.0. The Bertz CT molecular complexity index is 1810. The molecule has 0 bridgehead atoms. The Morgan fingerprint density at radius 2 is 1.71 bits per heavy atom. The van der Waals surface area contributed by atoms with Gasteiger partial charge in [0.1, 0.15) is 5.52 Å². The van der Waals surface area contributed by atoms with Gasteiger partial charge in [0.15, 0.2) is 11.5 Å². The summed E-state index contributed by atoms with van der Waals surface area (Å²) in [6.07, 6.45) is 2.29. The van der Waals surface area contributed by atoms with Crippen molar-refractivity contribution in [2.45, 2.75) is 31.6 Å². The van der Waals surface area contributed by atoms with Crippen molar-refractivity contribution in [2.24, 2.45) is 0 Å². The molecule has 1 aliphatic heterocycles. The molecule has 0 amide bonds. The zero-order valence-corrected chi connectivity index (χ0v) is 20.5. The van der Waals surface area contributed by atoms with Gasteiger partial charge in [-0.1, -0.05) is 48.0 Å². The standard InChI is InChI=1S/C29H20ClN3OS/c1-14-31-27-21(35-14)13-12-20-23(27)22(15-8-10-17(30)11-9-15)24-25(32-20)18-4-2-3-5-19(18)26-28(24)34-29(33-26)16-6-7-16/h2-5,8-13,16,22,32H,6-7H2,1H3. The fourth-order valence-electron chi connectivity index (χ4n) is 5.58. The summed E-state index contributed by atoms with van der Waals surface area (Å²) in [6.45, 7) is 2.07. The van der Waals surface area contributed by atoms with Crippen molar-refractivity contribution in [1.82, 2.24) is 9.97 Å². The van der Waals surface area contributed by atoms with E-state index in [1.807, 2.05) is 12.1 Å². The number of hydrogen-bond donors (Lipinski definition) is 1. The van der Waals surface area contributed by atoms with E-state index in [1.165, 1.54) is 10.3 Å². The molecule has 35 heavy (non-hydrogen) atoms. The molecule has 0 radical (unpaired) electrons. The van der Waals surface area contributed by atoms with E-state index >= 15 is 0 Å². The first-order valence-corrected chi connectivity index (χ1v) is 13.1. The first kappa shape index (κ1) is 19.8. The van der Waals surface area contributed by atoms with Crippen LogP contribution in [0.2, 0.25) is 5.02 Å². The van der Waals surface area contributed by atoms with Crippen LogP contribution >= 0.6 is 22.9 Å². The molecule has 1 fully saturated rings. The van der Waals surface area contributed by atoms with Gasteiger partial charge in [-0.2, -0.15) is 0 Å². The molecule has 8 rings (SSSR count). The van der Waals surface area contributed by atoms with Gasteiger partial charge in [0.05, 0.1) is 20.9 Å². The van der Waals surface area contributed by atoms with Gasteiger partial charge in [0, 0.05) is 44.4 Å². The van der Waals surface area contributed by atoms with Crippen LogP contribution < -0.4 is 5.32 Å². The monoisotopic (exact) mass is 493 g/mol. The van der Waals surface area contributed by atoms with Crippen molar-refractivity contribution >= 4 is 66.4 Å². The largest absolute Gasteiger partial charge is 0.440 e. The van der Waals surface area contributed by atoms with Crippen LogP contribution in [0.25, 0.3) is 32.1 Å². The molecular weight excluding hydrogens is 474 g/mol. The molecule has 170 valence electrons. The molecule has 1 aliphatic carbocycles. The lowest BCUT2D eigenvalue weighted by molar-refractivity contribution is 0.530. The summed E-state index contributed by atoms with van der Waals surface area (Å²) >= 11 is 8.05. The number of halogens is 1. The normalized spacial score (nSPS) is 17.0. The molecule has 4 nitrogen and oxygen atoms in total. The molecule has 2 aliphatic rings. The Kier molecular flexibility index (Phi) is 4.00. The van der Waals surface area contributed by atoms with Gasteiger partial charge in [0.2, 0.25) is 0 Å². The summed E-state index contributed by atoms with van der Waals surface area (Å²) in [5, 5.41) is 7.86. The van der Waals surface area contributed by atoms with Crippen molar-refractivity contribution in [3.63, 3.8) is 0 Å². The van der Waals surface area contributed by atoms with E-state index in [1.54, 1.807) is 11.3 Å². The summed E-state index contributed by atoms with van der Waals surface area (Å²) in [7, 11) is 0. The van der Waals surface area contributed by atoms with E-state index in [2.05, 4.69) is 60.8 Å². The third kappa shape index (κ3) is 2.85. The van der Waals surface area contributed by atoms with Crippen LogP contribution in [0.15, 0.2) is 65.1 Å². The highest BCUT2D eigenvalue weighted by Gasteiger charge is 2.36. The lowest BCUT2D eigenvalue weighted by Crippen LogP contribution is -2.15. The van der Waals surface area contributed by atoms with Crippen molar-refractivity contribution in [3.8, 4) is 0 Å². The molecule has 4 aromatic carbocycles. The second-order valence-corrected chi connectivity index (χ2v) is 11.2. The molecule has 1 N–H and O–H groups in total. The topological polar surface area (TPSA) is 51.0 Å². The molecule has 1 atom stereocenters. The Hall–Kier alpha value is -3.41. The zero-order valence-electron chi connectivity index (χ0n) is 18.9. The lowest BCUT2D eigenvalue weighted by atomic mass is 9.79. The number of nitrogens with one attached hydrogen (secondary N) is 1. The number of thiazole rings is 1. The Morgan fingerprint density at radius 3 is 2.51 bits per heavy atom. The smallest absolute Gasteiger partial charge is 0.198 e. The number of aromatic nitrogens is 2. The Labute approximate surface area is 210 Å². The van der Waals surface area contributed by atoms with Crippen LogP contribution in [0.5, 0.6) is 0 Å². The van der Waals surface area contributed by atoms with Crippen LogP contribution in [-0.2, 0) is 0 Å². The number of fused-ring (bicyclic) bond motifs is 9. The second-order valence-electron chi connectivity index (χ2n) is 9.55. The third-order valence-electron chi connectivity index (χ3n) is 7.28. The highest BCUT2D eigenvalue weighted by atomic mass is 35.5. The van der Waals surface area contributed by atoms with Gasteiger partial charge in [0.25, 0.3) is 0 Å². The summed E-state index contributed by atoms with van der Waals surface area (Å²) < 4.78 is 7.80. The quantitative estimate of drug-likeness (QED) is 0.262. The number of aryl methyl sites for hydroxylation is 1. The molecule has 6 aromatic rings. The molecule has 6 heteroatoms. The molecule has 1 saturated carbocycles. The van der Waals surface area contributed by atoms with Gasteiger partial charge < -0.3 is 9.73 Å². The number of hydrogen-bond acceptors (Lipinski definition) is 5. The second kappa shape index (κ2) is 7.06. The van der Waals surface area contributed by atoms with E-state index in [-0.39, 0.29) is 5.92 Å². The highest BCUT2D eigenvalue weighted by molar-refractivity contribution is 7.18. The fourth-order valence-corrected chi connectivity index (χ4v) is 6.55. The minimum absolute atomic E-state index is 0.0594. The molecule has 1 unspecified atom stereocenters. The van der Waals surface area contributed by atoms with Gasteiger partial charge >= 0.3 is 0 Å². The lowest BCUT2D eigenvalue weighted by Gasteiger charge is -2.31. The average Bonchev–Trinajstić information content (AvgIpc) is 3.51. The fraction of sp³-hybridized carbons (Fsp3) is 0.172. The van der Waals surface area contributed by atoms with Gasteiger partial charge in [-0.05, 0) is 49.6 Å². The van der Waals surface area contributed by atoms with Crippen molar-refractivity contribution in [2.75, 3.05) is 5.32 Å². The molecule has 0 saturated heterocycles. The number of anilines is 2. The van der Waals surface area contributed by atoms with Crippen LogP contribution in [0.3, 0.4) is 0 Å². The number of rotatable bonds is 2. The van der Waals surface area contributed by atoms with Gasteiger partial charge in [-0.15, -0.1) is 11.3 Å². The maximum Gasteiger partial charge on any atom is 0.198 e. The van der Waals surface area contributed by atoms with Crippen LogP contribution in [-0.4, -0.2) is 9.97 Å². The zero-order chi connectivity index (χ0) is 23.3. The van der Waals surface area contributed by atoms with Crippen LogP contribution in [0, 0.1) is 6.92 Å². The maximum atomic E-state index is 6.61. The minimum atomic E-state index is -0.0594. The highest BCUT2D eigenvalue weighted by Crippen LogP contribution is 2.54. The van der Waals surface area contributed by atoms with E-state index < -0.39 is 0 Å². The first-order valence-electron chi connectivity index (χ1n) is 11.9. The van der Waals surface area contributed by atoms with E-state index in [4.69, 9.17) is 26.0 Å². The third-order valence-corrected chi connectivity index (χ3v) is 8.47. The number of oxazole rings is 1. The molecule has 2 aromatic heterocycles. The SMILES string of the molecule is Cc1nc2c3c(ccc2s1)Nc1c(c2oc(C4CC4)nc2c2ccccc12)C3c1ccc(Cl)cc1. The van der Waals surface area contributed by atoms with Crippen LogP contribution in [0.4, 0.5) is 11.4 Å².